The highest BCUT2D eigenvalue weighted by atomic mass is 35.5. The fourth-order valence-electron chi connectivity index (χ4n) is 3.07. The highest BCUT2D eigenvalue weighted by molar-refractivity contribution is 7.53. The number of urea groups is 1. The van der Waals surface area contributed by atoms with Crippen LogP contribution in [-0.2, 0) is 11.0 Å². The van der Waals surface area contributed by atoms with E-state index in [0.29, 0.717) is 10.7 Å². The summed E-state index contributed by atoms with van der Waals surface area (Å²) in [4.78, 5) is 12.7. The molecule has 1 heterocycles. The lowest BCUT2D eigenvalue weighted by atomic mass is 10.0. The van der Waals surface area contributed by atoms with Crippen LogP contribution in [0.5, 0.6) is 11.5 Å². The molecule has 0 aliphatic carbocycles. The van der Waals surface area contributed by atoms with Gasteiger partial charge in [0.1, 0.15) is 0 Å². The molecule has 2 N–H and O–H groups in total. The number of carbonyl (C=O) groups excluding carboxylic acids is 1. The van der Waals surface area contributed by atoms with Gasteiger partial charge in [0.05, 0.1) is 30.1 Å². The van der Waals surface area contributed by atoms with E-state index in [2.05, 4.69) is 10.4 Å². The normalized spacial score (nSPS) is 14.0. The van der Waals surface area contributed by atoms with Gasteiger partial charge >= 0.3 is 13.8 Å². The Hall–Kier alpha value is -1.21. The van der Waals surface area contributed by atoms with Crippen molar-refractivity contribution < 1.29 is 18.4 Å². The van der Waals surface area contributed by atoms with Crippen molar-refractivity contribution in [1.82, 2.24) is 5.09 Å². The maximum atomic E-state index is 13.8. The van der Waals surface area contributed by atoms with Gasteiger partial charge < -0.3 is 14.4 Å². The monoisotopic (exact) mass is 618 g/mol. The van der Waals surface area contributed by atoms with Crippen LogP contribution in [0.25, 0.3) is 0 Å². The molecule has 2 amide bonds. The summed E-state index contributed by atoms with van der Waals surface area (Å²) in [5.74, 6) is -0.243. The second-order valence-electron chi connectivity index (χ2n) is 6.85. The van der Waals surface area contributed by atoms with Gasteiger partial charge in [-0.05, 0) is 36.4 Å². The predicted molar refractivity (Wildman–Crippen MR) is 138 cm³/mol. The zero-order valence-electron chi connectivity index (χ0n) is 16.4. The molecule has 0 aromatic heterocycles. The van der Waals surface area contributed by atoms with Crippen LogP contribution >= 0.6 is 89.0 Å². The first-order valence-corrected chi connectivity index (χ1v) is 13.3. The summed E-state index contributed by atoms with van der Waals surface area (Å²) < 4.78 is 25.0. The van der Waals surface area contributed by atoms with Crippen molar-refractivity contribution in [3.05, 3.63) is 82.7 Å². The minimum absolute atomic E-state index is 0.0270. The van der Waals surface area contributed by atoms with Gasteiger partial charge in [-0.25, -0.2) is 14.4 Å². The Labute approximate surface area is 228 Å². The maximum absolute atomic E-state index is 13.8. The summed E-state index contributed by atoms with van der Waals surface area (Å²) >= 11 is 43.7. The molecule has 0 fully saturated rings. The van der Waals surface area contributed by atoms with Crippen LogP contribution in [0, 0.1) is 0 Å². The van der Waals surface area contributed by atoms with Crippen molar-refractivity contribution >= 4 is 101 Å². The van der Waals surface area contributed by atoms with Crippen LogP contribution in [0.15, 0.2) is 36.4 Å². The molecule has 0 spiro atoms. The SMILES string of the molecule is O=C(Nc1ccc(Cl)cc1)NP1(=O)Oc2c(Cl)cc(Cl)c(Cl)c2Cc2c(Cl)c(Cl)cc(Cl)c2O1. The minimum atomic E-state index is -4.54. The number of halogens is 7. The third-order valence-electron chi connectivity index (χ3n) is 4.56. The second-order valence-corrected chi connectivity index (χ2v) is 11.3. The van der Waals surface area contributed by atoms with Crippen LogP contribution in [0.4, 0.5) is 10.5 Å². The summed E-state index contributed by atoms with van der Waals surface area (Å²) in [5, 5.41) is 5.46. The van der Waals surface area contributed by atoms with Crippen LogP contribution in [0.3, 0.4) is 0 Å². The van der Waals surface area contributed by atoms with Crippen molar-refractivity contribution in [2.24, 2.45) is 0 Å². The largest absolute Gasteiger partial charge is 0.545 e. The lowest BCUT2D eigenvalue weighted by molar-refractivity contribution is 0.253. The Bertz CT molecular complexity index is 1300. The highest BCUT2D eigenvalue weighted by Gasteiger charge is 2.38. The van der Waals surface area contributed by atoms with Crippen molar-refractivity contribution in [1.29, 1.82) is 0 Å². The first kappa shape index (κ1) is 25.9. The van der Waals surface area contributed by atoms with E-state index in [-0.39, 0.29) is 59.2 Å². The zero-order valence-corrected chi connectivity index (χ0v) is 22.6. The molecule has 0 radical (unpaired) electrons. The van der Waals surface area contributed by atoms with Crippen molar-refractivity contribution in [2.45, 2.75) is 6.42 Å². The zero-order chi connectivity index (χ0) is 24.8. The van der Waals surface area contributed by atoms with E-state index < -0.39 is 13.8 Å². The molecule has 1 aliphatic heterocycles. The van der Waals surface area contributed by atoms with Gasteiger partial charge in [0.2, 0.25) is 0 Å². The van der Waals surface area contributed by atoms with Gasteiger partial charge in [-0.1, -0.05) is 81.2 Å². The van der Waals surface area contributed by atoms with Crippen molar-refractivity contribution in [3.63, 3.8) is 0 Å². The standard InChI is InChI=1S/C20H10Cl7N2O4P/c21-8-1-3-9(4-2-8)28-20(30)29-34(31)32-18-10(16(26)12(22)6-14(18)24)5-11-17(27)13(23)7-15(25)19(11)33-34/h1-4,6-7H,5H2,(H2,28,29,30,31). The van der Waals surface area contributed by atoms with Crippen LogP contribution < -0.4 is 19.5 Å². The molecule has 0 atom stereocenters. The van der Waals surface area contributed by atoms with Gasteiger partial charge in [-0.3, -0.25) is 0 Å². The lowest BCUT2D eigenvalue weighted by Gasteiger charge is -2.27. The third kappa shape index (κ3) is 5.30. The number of hydrogen-bond acceptors (Lipinski definition) is 4. The number of hydrogen-bond donors (Lipinski definition) is 2. The van der Waals surface area contributed by atoms with Crippen molar-refractivity contribution in [3.8, 4) is 11.5 Å². The minimum Gasteiger partial charge on any atom is -0.398 e. The topological polar surface area (TPSA) is 76.7 Å². The lowest BCUT2D eigenvalue weighted by Crippen LogP contribution is -2.30. The van der Waals surface area contributed by atoms with Gasteiger partial charge in [0.15, 0.2) is 11.5 Å². The molecular weight excluding hydrogens is 611 g/mol. The first-order chi connectivity index (χ1) is 16.0. The third-order valence-corrected chi connectivity index (χ3v) is 8.34. The Morgan fingerprint density at radius 3 is 1.71 bits per heavy atom. The maximum Gasteiger partial charge on any atom is 0.545 e. The fraction of sp³-hybridized carbons (Fsp3) is 0.0500. The Morgan fingerprint density at radius 2 is 1.24 bits per heavy atom. The molecule has 14 heteroatoms. The number of nitrogens with one attached hydrogen (secondary N) is 2. The fourth-order valence-corrected chi connectivity index (χ4v) is 6.13. The number of rotatable bonds is 2. The Morgan fingerprint density at radius 1 is 0.765 bits per heavy atom. The molecule has 0 bridgehead atoms. The summed E-state index contributed by atoms with van der Waals surface area (Å²) in [6, 6.07) is 7.90. The van der Waals surface area contributed by atoms with Crippen LogP contribution in [-0.4, -0.2) is 6.03 Å². The number of amides is 2. The second kappa shape index (κ2) is 10.0. The molecule has 1 aliphatic rings. The average molecular weight is 621 g/mol. The molecular formula is C20H10Cl7N2O4P. The summed E-state index contributed by atoms with van der Waals surface area (Å²) in [6.45, 7) is 0. The molecule has 0 saturated heterocycles. The number of fused-ring (bicyclic) bond motifs is 2. The molecule has 3 aromatic carbocycles. The quantitative estimate of drug-likeness (QED) is 0.221. The number of anilines is 1. The van der Waals surface area contributed by atoms with Gasteiger partial charge in [0.25, 0.3) is 0 Å². The number of benzene rings is 3. The van der Waals surface area contributed by atoms with E-state index in [4.69, 9.17) is 90.3 Å². The van der Waals surface area contributed by atoms with E-state index in [1.165, 1.54) is 12.1 Å². The molecule has 0 saturated carbocycles. The molecule has 4 rings (SSSR count). The van der Waals surface area contributed by atoms with E-state index in [1.807, 2.05) is 0 Å². The van der Waals surface area contributed by atoms with E-state index in [1.54, 1.807) is 24.3 Å². The molecule has 178 valence electrons. The molecule has 0 unspecified atom stereocenters. The highest BCUT2D eigenvalue weighted by Crippen LogP contribution is 2.56. The first-order valence-electron chi connectivity index (χ1n) is 9.14. The van der Waals surface area contributed by atoms with Gasteiger partial charge in [0, 0.05) is 28.3 Å². The van der Waals surface area contributed by atoms with Gasteiger partial charge in [-0.15, -0.1) is 0 Å². The van der Waals surface area contributed by atoms with Crippen LogP contribution in [0.2, 0.25) is 35.2 Å². The van der Waals surface area contributed by atoms with E-state index in [9.17, 15) is 9.36 Å². The van der Waals surface area contributed by atoms with E-state index >= 15 is 0 Å². The number of carbonyl (C=O) groups is 1. The van der Waals surface area contributed by atoms with E-state index in [0.717, 1.165) is 0 Å². The summed E-state index contributed by atoms with van der Waals surface area (Å²) in [7, 11) is -4.54. The van der Waals surface area contributed by atoms with Crippen molar-refractivity contribution in [2.75, 3.05) is 5.32 Å². The molecule has 6 nitrogen and oxygen atoms in total. The Kier molecular flexibility index (Phi) is 7.64. The molecule has 34 heavy (non-hydrogen) atoms. The van der Waals surface area contributed by atoms with Gasteiger partial charge in [-0.2, -0.15) is 0 Å². The average Bonchev–Trinajstić information content (AvgIpc) is 2.75. The molecule has 3 aromatic rings. The summed E-state index contributed by atoms with van der Waals surface area (Å²) in [6.07, 6.45) is -0.0279. The Balaban J connectivity index is 1.81. The van der Waals surface area contributed by atoms with Crippen LogP contribution in [0.1, 0.15) is 11.1 Å². The smallest absolute Gasteiger partial charge is 0.398 e. The predicted octanol–water partition coefficient (Wildman–Crippen LogP) is 9.55. The summed E-state index contributed by atoms with van der Waals surface area (Å²) in [5.41, 5.74) is 0.843.